The molecule has 0 spiro atoms. The first-order valence-electron chi connectivity index (χ1n) is 6.52. The summed E-state index contributed by atoms with van der Waals surface area (Å²) >= 11 is 0. The van der Waals surface area contributed by atoms with Crippen LogP contribution >= 0.6 is 0 Å². The van der Waals surface area contributed by atoms with Gasteiger partial charge in [-0.05, 0) is 31.9 Å². The number of hydrogen-bond donors (Lipinski definition) is 2. The highest BCUT2D eigenvalue weighted by Crippen LogP contribution is 2.20. The van der Waals surface area contributed by atoms with Gasteiger partial charge in [0.05, 0.1) is 6.04 Å². The van der Waals surface area contributed by atoms with Crippen LogP contribution in [0.25, 0.3) is 0 Å². The highest BCUT2D eigenvalue weighted by atomic mass is 16.2. The number of nitrogens with zero attached hydrogens (tertiary/aromatic N) is 1. The third kappa shape index (κ3) is 3.12. The molecule has 0 aromatic heterocycles. The molecule has 1 aromatic carbocycles. The maximum Gasteiger partial charge on any atom is 0.249 e. The highest BCUT2D eigenvalue weighted by Gasteiger charge is 2.31. The van der Waals surface area contributed by atoms with Gasteiger partial charge in [0.25, 0.3) is 0 Å². The number of hydrogen-bond acceptors (Lipinski definition) is 3. The Hall–Kier alpha value is -1.88. The largest absolute Gasteiger partial charge is 0.343 e. The van der Waals surface area contributed by atoms with E-state index in [-0.39, 0.29) is 11.8 Å². The minimum Gasteiger partial charge on any atom is -0.343 e. The van der Waals surface area contributed by atoms with Gasteiger partial charge in [0, 0.05) is 12.2 Å². The molecule has 0 saturated carbocycles. The van der Waals surface area contributed by atoms with E-state index in [1.807, 2.05) is 30.3 Å². The maximum absolute atomic E-state index is 12.4. The lowest BCUT2D eigenvalue weighted by Crippen LogP contribution is -2.55. The Balaban J connectivity index is 2.09. The minimum atomic E-state index is -0.597. The molecule has 2 amide bonds. The van der Waals surface area contributed by atoms with Gasteiger partial charge in [0.1, 0.15) is 6.04 Å². The zero-order valence-electron chi connectivity index (χ0n) is 11.0. The Morgan fingerprint density at radius 2 is 2.11 bits per heavy atom. The molecule has 1 unspecified atom stereocenters. The smallest absolute Gasteiger partial charge is 0.249 e. The van der Waals surface area contributed by atoms with E-state index in [2.05, 4.69) is 5.32 Å². The van der Waals surface area contributed by atoms with E-state index in [9.17, 15) is 9.59 Å². The van der Waals surface area contributed by atoms with Crippen LogP contribution in [0.3, 0.4) is 0 Å². The standard InChI is InChI=1S/C14H19N3O2/c1-10(15)13(18)16-12-8-5-9-17(14(12)19)11-6-3-2-4-7-11/h2-4,6-7,10,12H,5,8-9,15H2,1H3,(H,16,18)/t10-,12?/m0/s1. The van der Waals surface area contributed by atoms with Crippen LogP contribution in [0.5, 0.6) is 0 Å². The van der Waals surface area contributed by atoms with E-state index < -0.39 is 12.1 Å². The third-order valence-corrected chi connectivity index (χ3v) is 3.24. The monoisotopic (exact) mass is 261 g/mol. The lowest BCUT2D eigenvalue weighted by Gasteiger charge is -2.33. The average molecular weight is 261 g/mol. The number of nitrogens with one attached hydrogen (secondary N) is 1. The van der Waals surface area contributed by atoms with Crippen molar-refractivity contribution in [3.05, 3.63) is 30.3 Å². The van der Waals surface area contributed by atoms with Crippen molar-refractivity contribution in [2.45, 2.75) is 31.8 Å². The second-order valence-electron chi connectivity index (χ2n) is 4.82. The van der Waals surface area contributed by atoms with Crippen molar-refractivity contribution >= 4 is 17.5 Å². The van der Waals surface area contributed by atoms with Crippen LogP contribution in [0.15, 0.2) is 30.3 Å². The molecule has 0 radical (unpaired) electrons. The number of amides is 2. The zero-order valence-corrected chi connectivity index (χ0v) is 11.0. The van der Waals surface area contributed by atoms with Gasteiger partial charge in [0.2, 0.25) is 11.8 Å². The fourth-order valence-corrected chi connectivity index (χ4v) is 2.18. The summed E-state index contributed by atoms with van der Waals surface area (Å²) in [5.74, 6) is -0.347. The van der Waals surface area contributed by atoms with Crippen LogP contribution in [0, 0.1) is 0 Å². The van der Waals surface area contributed by atoms with E-state index in [1.54, 1.807) is 11.8 Å². The number of anilines is 1. The fraction of sp³-hybridized carbons (Fsp3) is 0.429. The van der Waals surface area contributed by atoms with E-state index in [0.717, 1.165) is 12.1 Å². The van der Waals surface area contributed by atoms with Crippen LogP contribution in [0.2, 0.25) is 0 Å². The van der Waals surface area contributed by atoms with Gasteiger partial charge in [-0.25, -0.2) is 0 Å². The summed E-state index contributed by atoms with van der Waals surface area (Å²) in [7, 11) is 0. The van der Waals surface area contributed by atoms with Gasteiger partial charge < -0.3 is 16.0 Å². The minimum absolute atomic E-state index is 0.0635. The number of benzene rings is 1. The molecule has 1 aromatic rings. The lowest BCUT2D eigenvalue weighted by atomic mass is 10.0. The molecule has 1 aliphatic heterocycles. The van der Waals surface area contributed by atoms with Crippen molar-refractivity contribution in [1.29, 1.82) is 0 Å². The van der Waals surface area contributed by atoms with Gasteiger partial charge in [-0.3, -0.25) is 9.59 Å². The summed E-state index contributed by atoms with van der Waals surface area (Å²) in [6, 6.07) is 8.43. The molecule has 0 bridgehead atoms. The van der Waals surface area contributed by atoms with E-state index >= 15 is 0 Å². The molecule has 102 valence electrons. The topological polar surface area (TPSA) is 75.4 Å². The van der Waals surface area contributed by atoms with Crippen LogP contribution in [-0.4, -0.2) is 30.4 Å². The van der Waals surface area contributed by atoms with Crippen LogP contribution in [-0.2, 0) is 9.59 Å². The van der Waals surface area contributed by atoms with Gasteiger partial charge in [-0.2, -0.15) is 0 Å². The van der Waals surface area contributed by atoms with Crippen molar-refractivity contribution in [3.8, 4) is 0 Å². The summed E-state index contributed by atoms with van der Waals surface area (Å²) in [4.78, 5) is 25.7. The van der Waals surface area contributed by atoms with Gasteiger partial charge in [0.15, 0.2) is 0 Å². The first-order chi connectivity index (χ1) is 9.09. The van der Waals surface area contributed by atoms with Crippen molar-refractivity contribution in [2.75, 3.05) is 11.4 Å². The van der Waals surface area contributed by atoms with Crippen LogP contribution in [0.4, 0.5) is 5.69 Å². The second-order valence-corrected chi connectivity index (χ2v) is 4.82. The van der Waals surface area contributed by atoms with E-state index in [4.69, 9.17) is 5.73 Å². The van der Waals surface area contributed by atoms with E-state index in [0.29, 0.717) is 13.0 Å². The Labute approximate surface area is 112 Å². The van der Waals surface area contributed by atoms with Gasteiger partial charge in [-0.15, -0.1) is 0 Å². The third-order valence-electron chi connectivity index (χ3n) is 3.24. The lowest BCUT2D eigenvalue weighted by molar-refractivity contribution is -0.128. The molecule has 1 saturated heterocycles. The summed E-state index contributed by atoms with van der Waals surface area (Å²) < 4.78 is 0. The first-order valence-corrected chi connectivity index (χ1v) is 6.52. The summed E-state index contributed by atoms with van der Waals surface area (Å²) in [5.41, 5.74) is 6.38. The molecular weight excluding hydrogens is 242 g/mol. The molecule has 19 heavy (non-hydrogen) atoms. The Kier molecular flexibility index (Phi) is 4.16. The molecule has 5 nitrogen and oxygen atoms in total. The Morgan fingerprint density at radius 1 is 1.42 bits per heavy atom. The number of nitrogens with two attached hydrogens (primary N) is 1. The Morgan fingerprint density at radius 3 is 2.74 bits per heavy atom. The number of carbonyl (C=O) groups excluding carboxylic acids is 2. The molecule has 1 heterocycles. The predicted molar refractivity (Wildman–Crippen MR) is 73.6 cm³/mol. The number of carbonyl (C=O) groups is 2. The quantitative estimate of drug-likeness (QED) is 0.838. The first kappa shape index (κ1) is 13.5. The molecule has 1 fully saturated rings. The number of rotatable bonds is 3. The van der Waals surface area contributed by atoms with Gasteiger partial charge >= 0.3 is 0 Å². The van der Waals surface area contributed by atoms with Crippen molar-refractivity contribution in [2.24, 2.45) is 5.73 Å². The number of piperidine rings is 1. The molecule has 3 N–H and O–H groups in total. The van der Waals surface area contributed by atoms with Gasteiger partial charge in [-0.1, -0.05) is 18.2 Å². The summed E-state index contributed by atoms with van der Waals surface area (Å²) in [6.45, 7) is 2.30. The van der Waals surface area contributed by atoms with Crippen LogP contribution in [0.1, 0.15) is 19.8 Å². The molecule has 0 aliphatic carbocycles. The van der Waals surface area contributed by atoms with Crippen molar-refractivity contribution < 1.29 is 9.59 Å². The van der Waals surface area contributed by atoms with Crippen LogP contribution < -0.4 is 16.0 Å². The molecule has 2 atom stereocenters. The second kappa shape index (κ2) is 5.84. The molecule has 5 heteroatoms. The molecular formula is C14H19N3O2. The molecule has 2 rings (SSSR count). The van der Waals surface area contributed by atoms with Crippen molar-refractivity contribution in [1.82, 2.24) is 5.32 Å². The SMILES string of the molecule is C[C@H](N)C(=O)NC1CCCN(c2ccccc2)C1=O. The summed E-state index contributed by atoms with van der Waals surface area (Å²) in [6.07, 6.45) is 1.53. The normalized spacial score (nSPS) is 21.1. The van der Waals surface area contributed by atoms with E-state index in [1.165, 1.54) is 0 Å². The average Bonchev–Trinajstić information content (AvgIpc) is 2.42. The number of para-hydroxylation sites is 1. The highest BCUT2D eigenvalue weighted by molar-refractivity contribution is 6.00. The zero-order chi connectivity index (χ0) is 13.8. The fourth-order valence-electron chi connectivity index (χ4n) is 2.18. The summed E-state index contributed by atoms with van der Waals surface area (Å²) in [5, 5.41) is 2.71. The maximum atomic E-state index is 12.4. The molecule has 1 aliphatic rings. The van der Waals surface area contributed by atoms with Crippen molar-refractivity contribution in [3.63, 3.8) is 0 Å². The Bertz CT molecular complexity index is 459. The predicted octanol–water partition coefficient (Wildman–Crippen LogP) is 0.645.